The van der Waals surface area contributed by atoms with Crippen LogP contribution in [0.25, 0.3) is 5.73 Å². The summed E-state index contributed by atoms with van der Waals surface area (Å²) in [6, 6.07) is 0.204. The van der Waals surface area contributed by atoms with E-state index in [-0.39, 0.29) is 42.0 Å². The summed E-state index contributed by atoms with van der Waals surface area (Å²) in [4.78, 5) is 9.37. The van der Waals surface area contributed by atoms with Crippen LogP contribution in [0.15, 0.2) is 0 Å². The Labute approximate surface area is 142 Å². The fraction of sp³-hybridized carbons (Fsp3) is 0.933. The molecule has 0 saturated heterocycles. The van der Waals surface area contributed by atoms with Gasteiger partial charge in [-0.3, -0.25) is 4.79 Å². The van der Waals surface area contributed by atoms with Crippen LogP contribution in [0.1, 0.15) is 85.0 Å². The Morgan fingerprint density at radius 3 is 1.79 bits per heavy atom. The van der Waals surface area contributed by atoms with Gasteiger partial charge in [-0.1, -0.05) is 78.6 Å². The molecule has 0 heterocycles. The summed E-state index contributed by atoms with van der Waals surface area (Å²) in [7, 11) is 0. The maximum atomic E-state index is 9.37. The summed E-state index contributed by atoms with van der Waals surface area (Å²) < 4.78 is 0. The van der Waals surface area contributed by atoms with Crippen LogP contribution in [0.5, 0.6) is 0 Å². The first kappa shape index (κ1) is 24.4. The first-order valence-corrected chi connectivity index (χ1v) is 7.51. The van der Waals surface area contributed by atoms with E-state index in [1.807, 2.05) is 0 Å². The standard InChI is InChI=1S/C12H26N.C3H6O2.Na/c1-3-5-6-7-8-9-10-11-12(13)4-2;1-2-3(4)5;/h12-13H,3-11H2,1-2H3;2H2,1H3,(H,4,5);/q-1;;+1. The van der Waals surface area contributed by atoms with Crippen LogP contribution in [-0.4, -0.2) is 17.1 Å². The van der Waals surface area contributed by atoms with Gasteiger partial charge >= 0.3 is 35.5 Å². The first-order chi connectivity index (χ1) is 8.58. The van der Waals surface area contributed by atoms with E-state index in [1.165, 1.54) is 44.9 Å². The fourth-order valence-electron chi connectivity index (χ4n) is 1.55. The number of rotatable bonds is 10. The maximum absolute atomic E-state index is 9.37. The van der Waals surface area contributed by atoms with Crippen molar-refractivity contribution >= 4 is 5.97 Å². The van der Waals surface area contributed by atoms with Gasteiger partial charge in [0.15, 0.2) is 0 Å². The SMILES string of the molecule is CCC(=O)O.CCCCCCCCCC([NH-])CC.[Na+]. The van der Waals surface area contributed by atoms with Crippen molar-refractivity contribution in [3.8, 4) is 0 Å². The van der Waals surface area contributed by atoms with Crippen molar-refractivity contribution in [2.45, 2.75) is 91.0 Å². The molecule has 1 atom stereocenters. The van der Waals surface area contributed by atoms with Crippen LogP contribution in [0.2, 0.25) is 0 Å². The molecule has 0 aliphatic rings. The molecule has 0 fully saturated rings. The Kier molecular flexibility index (Phi) is 26.7. The van der Waals surface area contributed by atoms with Crippen molar-refractivity contribution < 1.29 is 39.5 Å². The molecule has 0 aromatic rings. The number of aliphatic carboxylic acids is 1. The maximum Gasteiger partial charge on any atom is 1.00 e. The van der Waals surface area contributed by atoms with Crippen LogP contribution in [0, 0.1) is 0 Å². The second-order valence-electron chi connectivity index (χ2n) is 4.76. The molecule has 0 saturated carbocycles. The topological polar surface area (TPSA) is 61.1 Å². The molecule has 0 aliphatic carbocycles. The number of nitrogens with one attached hydrogen (secondary N) is 1. The van der Waals surface area contributed by atoms with Gasteiger partial charge in [-0.15, -0.1) is 6.04 Å². The average molecular weight is 281 g/mol. The number of hydrogen-bond acceptors (Lipinski definition) is 1. The number of unbranched alkanes of at least 4 members (excludes halogenated alkanes) is 6. The molecule has 0 aromatic heterocycles. The molecule has 19 heavy (non-hydrogen) atoms. The molecular weight excluding hydrogens is 249 g/mol. The van der Waals surface area contributed by atoms with Gasteiger partial charge in [-0.2, -0.15) is 0 Å². The smallest absolute Gasteiger partial charge is 0.675 e. The minimum absolute atomic E-state index is 0. The molecule has 0 bridgehead atoms. The van der Waals surface area contributed by atoms with E-state index in [0.717, 1.165) is 12.8 Å². The normalized spacial score (nSPS) is 10.9. The Bertz CT molecular complexity index is 178. The Hall–Kier alpha value is 0.430. The average Bonchev–Trinajstić information content (AvgIpc) is 2.38. The van der Waals surface area contributed by atoms with Crippen LogP contribution in [0.4, 0.5) is 0 Å². The summed E-state index contributed by atoms with van der Waals surface area (Å²) in [6.07, 6.45) is 11.9. The minimum atomic E-state index is -0.745. The number of hydrogen-bond donors (Lipinski definition) is 1. The zero-order valence-electron chi connectivity index (χ0n) is 13.5. The van der Waals surface area contributed by atoms with Gasteiger partial charge in [0.1, 0.15) is 0 Å². The monoisotopic (exact) mass is 281 g/mol. The quantitative estimate of drug-likeness (QED) is 0.494. The van der Waals surface area contributed by atoms with Crippen LogP contribution in [0.3, 0.4) is 0 Å². The zero-order chi connectivity index (χ0) is 14.2. The van der Waals surface area contributed by atoms with Gasteiger partial charge in [-0.05, 0) is 0 Å². The molecule has 0 aromatic carbocycles. The summed E-state index contributed by atoms with van der Waals surface area (Å²) in [5.41, 5.74) is 7.57. The number of carboxylic acids is 1. The molecule has 0 rings (SSSR count). The summed E-state index contributed by atoms with van der Waals surface area (Å²) in [5, 5.41) is 7.72. The van der Waals surface area contributed by atoms with E-state index in [4.69, 9.17) is 10.8 Å². The Balaban J connectivity index is -0.000000366. The van der Waals surface area contributed by atoms with Gasteiger partial charge in [0, 0.05) is 6.42 Å². The molecule has 2 N–H and O–H groups in total. The number of carboxylic acid groups (broad SMARTS) is 1. The van der Waals surface area contributed by atoms with Gasteiger partial charge in [0.05, 0.1) is 0 Å². The van der Waals surface area contributed by atoms with E-state index in [2.05, 4.69) is 13.8 Å². The molecule has 4 heteroatoms. The molecule has 0 aliphatic heterocycles. The molecule has 0 spiro atoms. The van der Waals surface area contributed by atoms with Gasteiger partial charge in [0.2, 0.25) is 0 Å². The van der Waals surface area contributed by atoms with Crippen LogP contribution in [-0.2, 0) is 4.79 Å². The van der Waals surface area contributed by atoms with Crippen LogP contribution < -0.4 is 29.6 Å². The second-order valence-corrected chi connectivity index (χ2v) is 4.76. The number of carbonyl (C=O) groups is 1. The second kappa shape index (κ2) is 20.7. The predicted molar refractivity (Wildman–Crippen MR) is 78.9 cm³/mol. The molecular formula is C15H32NNaO2. The van der Waals surface area contributed by atoms with Crippen molar-refractivity contribution in [1.29, 1.82) is 0 Å². The zero-order valence-corrected chi connectivity index (χ0v) is 15.5. The van der Waals surface area contributed by atoms with E-state index < -0.39 is 5.97 Å². The van der Waals surface area contributed by atoms with Gasteiger partial charge in [0.25, 0.3) is 0 Å². The summed E-state index contributed by atoms with van der Waals surface area (Å²) in [6.45, 7) is 5.97. The predicted octanol–water partition coefficient (Wildman–Crippen LogP) is 2.44. The van der Waals surface area contributed by atoms with Crippen LogP contribution >= 0.6 is 0 Å². The Morgan fingerprint density at radius 1 is 1.00 bits per heavy atom. The van der Waals surface area contributed by atoms with Crippen molar-refractivity contribution in [2.24, 2.45) is 0 Å². The Morgan fingerprint density at radius 2 is 1.42 bits per heavy atom. The minimum Gasteiger partial charge on any atom is -0.675 e. The molecule has 0 amide bonds. The van der Waals surface area contributed by atoms with E-state index in [9.17, 15) is 4.79 Å². The van der Waals surface area contributed by atoms with E-state index in [0.29, 0.717) is 0 Å². The molecule has 3 nitrogen and oxygen atoms in total. The van der Waals surface area contributed by atoms with Gasteiger partial charge < -0.3 is 10.8 Å². The first-order valence-electron chi connectivity index (χ1n) is 7.51. The fourth-order valence-corrected chi connectivity index (χ4v) is 1.55. The van der Waals surface area contributed by atoms with E-state index >= 15 is 0 Å². The van der Waals surface area contributed by atoms with Gasteiger partial charge in [-0.25, -0.2) is 0 Å². The molecule has 0 radical (unpaired) electrons. The van der Waals surface area contributed by atoms with E-state index in [1.54, 1.807) is 6.92 Å². The molecule has 110 valence electrons. The van der Waals surface area contributed by atoms with Crippen molar-refractivity contribution in [3.63, 3.8) is 0 Å². The molecule has 1 unspecified atom stereocenters. The third-order valence-electron chi connectivity index (χ3n) is 2.95. The summed E-state index contributed by atoms with van der Waals surface area (Å²) in [5.74, 6) is -0.745. The largest absolute Gasteiger partial charge is 1.00 e. The van der Waals surface area contributed by atoms with Crippen molar-refractivity contribution in [2.75, 3.05) is 0 Å². The summed E-state index contributed by atoms with van der Waals surface area (Å²) >= 11 is 0. The third kappa shape index (κ3) is 27.6. The van der Waals surface area contributed by atoms with Crippen molar-refractivity contribution in [1.82, 2.24) is 0 Å². The van der Waals surface area contributed by atoms with Crippen molar-refractivity contribution in [3.05, 3.63) is 5.73 Å². The third-order valence-corrected chi connectivity index (χ3v) is 2.95.